The van der Waals surface area contributed by atoms with Crippen LogP contribution in [0.4, 0.5) is 0 Å². The Labute approximate surface area is 157 Å². The van der Waals surface area contributed by atoms with E-state index in [2.05, 4.69) is 6.07 Å². The van der Waals surface area contributed by atoms with E-state index in [1.807, 2.05) is 23.1 Å². The van der Waals surface area contributed by atoms with Crippen LogP contribution >= 0.6 is 11.3 Å². The lowest BCUT2D eigenvalue weighted by molar-refractivity contribution is -0.135. The van der Waals surface area contributed by atoms with Crippen LogP contribution in [0.25, 0.3) is 10.2 Å². The van der Waals surface area contributed by atoms with Gasteiger partial charge in [0.05, 0.1) is 21.5 Å². The minimum absolute atomic E-state index is 0.0318. The number of thiazole rings is 1. The first-order valence-electron chi connectivity index (χ1n) is 9.04. The van der Waals surface area contributed by atoms with Crippen molar-refractivity contribution in [3.63, 3.8) is 0 Å². The standard InChI is InChI=1S/C18H23N3O3S2/c1-26(23,24)21-10-4-6-15(21)18(22)20-11-8-13(9-12-20)17-19-14-5-2-3-7-16(14)25-17/h2-3,5,7,13,15H,4,6,8-12H2,1H3. The van der Waals surface area contributed by atoms with Crippen LogP contribution in [0.1, 0.15) is 36.6 Å². The Morgan fingerprint density at radius 2 is 1.88 bits per heavy atom. The number of hydrogen-bond acceptors (Lipinski definition) is 5. The van der Waals surface area contributed by atoms with Gasteiger partial charge in [0.2, 0.25) is 15.9 Å². The van der Waals surface area contributed by atoms with Gasteiger partial charge in [-0.1, -0.05) is 12.1 Å². The maximum atomic E-state index is 12.8. The van der Waals surface area contributed by atoms with Crippen LogP contribution in [0, 0.1) is 0 Å². The van der Waals surface area contributed by atoms with Crippen LogP contribution in [0.5, 0.6) is 0 Å². The van der Waals surface area contributed by atoms with Gasteiger partial charge in [-0.3, -0.25) is 4.79 Å². The molecule has 8 heteroatoms. The van der Waals surface area contributed by atoms with Crippen LogP contribution in [-0.4, -0.2) is 60.4 Å². The average Bonchev–Trinajstić information content (AvgIpc) is 3.28. The van der Waals surface area contributed by atoms with Gasteiger partial charge in [-0.25, -0.2) is 13.4 Å². The highest BCUT2D eigenvalue weighted by Crippen LogP contribution is 2.34. The molecule has 2 aliphatic rings. The van der Waals surface area contributed by atoms with Gasteiger partial charge in [-0.15, -0.1) is 11.3 Å². The molecule has 2 aliphatic heterocycles. The van der Waals surface area contributed by atoms with Gasteiger partial charge in [-0.2, -0.15) is 4.31 Å². The van der Waals surface area contributed by atoms with Gasteiger partial charge in [-0.05, 0) is 37.8 Å². The summed E-state index contributed by atoms with van der Waals surface area (Å²) < 4.78 is 26.4. The normalized spacial score (nSPS) is 23.0. The number of rotatable bonds is 3. The fraction of sp³-hybridized carbons (Fsp3) is 0.556. The van der Waals surface area contributed by atoms with E-state index in [1.54, 1.807) is 11.3 Å². The highest BCUT2D eigenvalue weighted by molar-refractivity contribution is 7.88. The molecular formula is C18H23N3O3S2. The number of nitrogens with zero attached hydrogens (tertiary/aromatic N) is 3. The van der Waals surface area contributed by atoms with Crippen LogP contribution in [0.2, 0.25) is 0 Å². The zero-order chi connectivity index (χ0) is 18.3. The molecular weight excluding hydrogens is 370 g/mol. The minimum atomic E-state index is -3.33. The van der Waals surface area contributed by atoms with E-state index in [4.69, 9.17) is 4.98 Å². The summed E-state index contributed by atoms with van der Waals surface area (Å²) in [5.41, 5.74) is 1.04. The molecule has 1 aromatic carbocycles. The van der Waals surface area contributed by atoms with E-state index in [-0.39, 0.29) is 5.91 Å². The third-order valence-electron chi connectivity index (χ3n) is 5.38. The number of piperidine rings is 1. The van der Waals surface area contributed by atoms with Crippen LogP contribution < -0.4 is 0 Å². The molecule has 1 atom stereocenters. The van der Waals surface area contributed by atoms with Gasteiger partial charge in [0.15, 0.2) is 0 Å². The van der Waals surface area contributed by atoms with Crippen molar-refractivity contribution in [2.75, 3.05) is 25.9 Å². The first-order valence-corrected chi connectivity index (χ1v) is 11.7. The number of aromatic nitrogens is 1. The van der Waals surface area contributed by atoms with Gasteiger partial charge in [0.25, 0.3) is 0 Å². The van der Waals surface area contributed by atoms with Crippen molar-refractivity contribution in [2.45, 2.75) is 37.6 Å². The predicted octanol–water partition coefficient (Wildman–Crippen LogP) is 2.43. The second-order valence-electron chi connectivity index (χ2n) is 7.15. The average molecular weight is 394 g/mol. The van der Waals surface area contributed by atoms with Crippen molar-refractivity contribution in [1.82, 2.24) is 14.2 Å². The van der Waals surface area contributed by atoms with Crippen molar-refractivity contribution in [3.05, 3.63) is 29.3 Å². The topological polar surface area (TPSA) is 70.6 Å². The predicted molar refractivity (Wildman–Crippen MR) is 103 cm³/mol. The molecule has 0 bridgehead atoms. The molecule has 3 heterocycles. The summed E-state index contributed by atoms with van der Waals surface area (Å²) in [5.74, 6) is 0.349. The Kier molecular flexibility index (Phi) is 4.75. The summed E-state index contributed by atoms with van der Waals surface area (Å²) in [6, 6.07) is 7.65. The first kappa shape index (κ1) is 17.9. The van der Waals surface area contributed by atoms with Crippen molar-refractivity contribution in [3.8, 4) is 0 Å². The third kappa shape index (κ3) is 3.37. The second-order valence-corrected chi connectivity index (χ2v) is 10.1. The van der Waals surface area contributed by atoms with Gasteiger partial charge in [0, 0.05) is 25.6 Å². The summed E-state index contributed by atoms with van der Waals surface area (Å²) in [6.45, 7) is 1.80. The minimum Gasteiger partial charge on any atom is -0.341 e. The van der Waals surface area contributed by atoms with Gasteiger partial charge in [0.1, 0.15) is 6.04 Å². The smallest absolute Gasteiger partial charge is 0.241 e. The number of sulfonamides is 1. The van der Waals surface area contributed by atoms with E-state index >= 15 is 0 Å². The van der Waals surface area contributed by atoms with E-state index in [0.29, 0.717) is 32.0 Å². The molecule has 0 saturated carbocycles. The molecule has 2 saturated heterocycles. The SMILES string of the molecule is CS(=O)(=O)N1CCCC1C(=O)N1CCC(c2nc3ccccc3s2)CC1. The molecule has 4 rings (SSSR count). The zero-order valence-corrected chi connectivity index (χ0v) is 16.4. The van der Waals surface area contributed by atoms with Crippen LogP contribution in [-0.2, 0) is 14.8 Å². The lowest BCUT2D eigenvalue weighted by atomic mass is 9.97. The third-order valence-corrected chi connectivity index (χ3v) is 7.87. The first-order chi connectivity index (χ1) is 12.4. The van der Waals surface area contributed by atoms with Crippen molar-refractivity contribution in [2.24, 2.45) is 0 Å². The Morgan fingerprint density at radius 3 is 2.58 bits per heavy atom. The van der Waals surface area contributed by atoms with Crippen molar-refractivity contribution in [1.29, 1.82) is 0 Å². The molecule has 0 aliphatic carbocycles. The fourth-order valence-corrected chi connectivity index (χ4v) is 6.26. The van der Waals surface area contributed by atoms with Crippen LogP contribution in [0.15, 0.2) is 24.3 Å². The molecule has 6 nitrogen and oxygen atoms in total. The van der Waals surface area contributed by atoms with E-state index < -0.39 is 16.1 Å². The quantitative estimate of drug-likeness (QED) is 0.803. The maximum absolute atomic E-state index is 12.8. The number of carbonyl (C=O) groups excluding carboxylic acids is 1. The summed E-state index contributed by atoms with van der Waals surface area (Å²) in [6.07, 6.45) is 4.35. The zero-order valence-electron chi connectivity index (χ0n) is 14.8. The fourth-order valence-electron chi connectivity index (χ4n) is 4.01. The number of fused-ring (bicyclic) bond motifs is 1. The number of likely N-dealkylation sites (tertiary alicyclic amines) is 1. The molecule has 140 valence electrons. The molecule has 2 fully saturated rings. The van der Waals surface area contributed by atoms with Crippen molar-refractivity contribution >= 4 is 37.5 Å². The van der Waals surface area contributed by atoms with Crippen molar-refractivity contribution < 1.29 is 13.2 Å². The summed E-state index contributed by atoms with van der Waals surface area (Å²) >= 11 is 1.74. The molecule has 0 radical (unpaired) electrons. The second kappa shape index (κ2) is 6.90. The number of amides is 1. The molecule has 2 aromatic rings. The Morgan fingerprint density at radius 1 is 1.15 bits per heavy atom. The van der Waals surface area contributed by atoms with E-state index in [9.17, 15) is 13.2 Å². The Hall–Kier alpha value is -1.51. The molecule has 1 aromatic heterocycles. The molecule has 1 amide bonds. The number of carbonyl (C=O) groups is 1. The highest BCUT2D eigenvalue weighted by Gasteiger charge is 2.39. The largest absolute Gasteiger partial charge is 0.341 e. The summed E-state index contributed by atoms with van der Waals surface area (Å²) in [5, 5.41) is 1.15. The Balaban J connectivity index is 1.42. The van der Waals surface area contributed by atoms with E-state index in [0.717, 1.165) is 29.8 Å². The number of benzene rings is 1. The highest BCUT2D eigenvalue weighted by atomic mass is 32.2. The lowest BCUT2D eigenvalue weighted by Crippen LogP contribution is -2.49. The van der Waals surface area contributed by atoms with Crippen LogP contribution in [0.3, 0.4) is 0 Å². The molecule has 0 spiro atoms. The molecule has 1 unspecified atom stereocenters. The number of para-hydroxylation sites is 1. The molecule has 26 heavy (non-hydrogen) atoms. The summed E-state index contributed by atoms with van der Waals surface area (Å²) in [4.78, 5) is 19.4. The monoisotopic (exact) mass is 393 g/mol. The summed E-state index contributed by atoms with van der Waals surface area (Å²) in [7, 11) is -3.33. The molecule has 0 N–H and O–H groups in total. The lowest BCUT2D eigenvalue weighted by Gasteiger charge is -2.34. The Bertz CT molecular complexity index is 884. The maximum Gasteiger partial charge on any atom is 0.241 e. The number of hydrogen-bond donors (Lipinski definition) is 0. The van der Waals surface area contributed by atoms with Gasteiger partial charge < -0.3 is 4.90 Å². The van der Waals surface area contributed by atoms with E-state index in [1.165, 1.54) is 15.3 Å². The van der Waals surface area contributed by atoms with Gasteiger partial charge >= 0.3 is 0 Å².